The van der Waals surface area contributed by atoms with Crippen LogP contribution in [0, 0.1) is 5.82 Å². The molecule has 1 aliphatic carbocycles. The van der Waals surface area contributed by atoms with Gasteiger partial charge >= 0.3 is 0 Å². The Bertz CT molecular complexity index is 1230. The predicted molar refractivity (Wildman–Crippen MR) is 100 cm³/mol. The maximum Gasteiger partial charge on any atom is 0.247 e. The van der Waals surface area contributed by atoms with Gasteiger partial charge in [-0.25, -0.2) is 26.4 Å². The molecule has 0 saturated carbocycles. The van der Waals surface area contributed by atoms with Gasteiger partial charge in [0.1, 0.15) is 15.5 Å². The van der Waals surface area contributed by atoms with E-state index in [1.807, 2.05) is 0 Å². The number of rotatable bonds is 5. The Hall–Kier alpha value is -2.23. The largest absolute Gasteiger partial charge is 0.251 e. The average Bonchev–Trinajstić information content (AvgIpc) is 3.13. The maximum absolute atomic E-state index is 13.5. The zero-order chi connectivity index (χ0) is 21.7. The van der Waals surface area contributed by atoms with Gasteiger partial charge in [-0.2, -0.15) is 0 Å². The highest BCUT2D eigenvalue weighted by Crippen LogP contribution is 2.32. The summed E-state index contributed by atoms with van der Waals surface area (Å²) in [5, 5.41) is 5.03. The average molecular weight is 413 g/mol. The van der Waals surface area contributed by atoms with Gasteiger partial charge in [0.05, 0.1) is 0 Å². The highest BCUT2D eigenvalue weighted by molar-refractivity contribution is 7.91. The molecule has 3 rings (SSSR count). The normalized spacial score (nSPS) is 22.1. The summed E-state index contributed by atoms with van der Waals surface area (Å²) in [6.45, 7) is 1.44. The molecule has 0 aliphatic heterocycles. The van der Waals surface area contributed by atoms with Crippen molar-refractivity contribution in [1.29, 1.82) is 0 Å². The third-order valence-electron chi connectivity index (χ3n) is 4.29. The number of allylic oxidation sites excluding steroid dienone is 3. The number of nitrogens with zero attached hydrogens (tertiary/aromatic N) is 1. The van der Waals surface area contributed by atoms with E-state index >= 15 is 0 Å². The molecule has 144 valence electrons. The molecule has 6 nitrogen and oxygen atoms in total. The number of hydrogen-bond acceptors (Lipinski definition) is 4. The first-order chi connectivity index (χ1) is 13.3. The molecule has 0 fully saturated rings. The molecule has 0 radical (unpaired) electrons. The lowest BCUT2D eigenvalue weighted by Crippen LogP contribution is -2.38. The fourth-order valence-corrected chi connectivity index (χ4v) is 4.72. The molecule has 0 spiro atoms. The minimum atomic E-state index is -4.06. The van der Waals surface area contributed by atoms with Crippen molar-refractivity contribution in [3.05, 3.63) is 77.9 Å². The number of primary sulfonamides is 1. The maximum atomic E-state index is 13.5. The molecule has 0 amide bonds. The van der Waals surface area contributed by atoms with Crippen LogP contribution in [0.4, 0.5) is 4.39 Å². The Morgan fingerprint density at radius 1 is 1.30 bits per heavy atom. The summed E-state index contributed by atoms with van der Waals surface area (Å²) in [5.74, 6) is -0.572. The van der Waals surface area contributed by atoms with Gasteiger partial charge in [0.15, 0.2) is 0 Å². The lowest BCUT2D eigenvalue weighted by atomic mass is 9.94. The molecule has 0 bridgehead atoms. The lowest BCUT2D eigenvalue weighted by Gasteiger charge is -2.28. The second-order valence-corrected chi connectivity index (χ2v) is 10.2. The zero-order valence-corrected chi connectivity index (χ0v) is 16.0. The van der Waals surface area contributed by atoms with Crippen LogP contribution >= 0.6 is 0 Å². The first-order valence-electron chi connectivity index (χ1n) is 8.89. The number of aromatic nitrogens is 1. The quantitative estimate of drug-likeness (QED) is 0.815. The van der Waals surface area contributed by atoms with Crippen LogP contribution in [0.5, 0.6) is 0 Å². The number of halogens is 1. The van der Waals surface area contributed by atoms with Crippen LogP contribution in [0.1, 0.15) is 21.6 Å². The predicted octanol–water partition coefficient (Wildman–Crippen LogP) is 2.34. The number of sulfonamides is 1. The van der Waals surface area contributed by atoms with Crippen molar-refractivity contribution in [2.24, 2.45) is 5.14 Å². The molecule has 1 atom stereocenters. The highest BCUT2D eigenvalue weighted by atomic mass is 32.2. The van der Waals surface area contributed by atoms with Crippen molar-refractivity contribution in [2.45, 2.75) is 29.4 Å². The van der Waals surface area contributed by atoms with Crippen molar-refractivity contribution in [3.63, 3.8) is 0 Å². The van der Waals surface area contributed by atoms with Crippen LogP contribution in [0.25, 0.3) is 0 Å². The number of hydrogen-bond donors (Lipinski definition) is 1. The van der Waals surface area contributed by atoms with Gasteiger partial charge in [0, 0.05) is 15.1 Å². The van der Waals surface area contributed by atoms with Crippen molar-refractivity contribution in [3.8, 4) is 0 Å². The summed E-state index contributed by atoms with van der Waals surface area (Å²) in [4.78, 5) is -0.330. The molecule has 1 aromatic heterocycles. The van der Waals surface area contributed by atoms with E-state index in [-0.39, 0.29) is 22.5 Å². The molecule has 9 heteroatoms. The molecule has 0 saturated heterocycles. The fourth-order valence-electron chi connectivity index (χ4n) is 2.65. The van der Waals surface area contributed by atoms with Crippen molar-refractivity contribution in [2.75, 3.05) is 0 Å². The fraction of sp³-hybridized carbons (Fsp3) is 0.222. The van der Waals surface area contributed by atoms with Crippen LogP contribution in [-0.2, 0) is 26.4 Å². The summed E-state index contributed by atoms with van der Waals surface area (Å²) < 4.78 is 78.4. The van der Waals surface area contributed by atoms with E-state index < -0.39 is 37.0 Å². The monoisotopic (exact) mass is 412 g/mol. The molecule has 1 aliphatic rings. The van der Waals surface area contributed by atoms with E-state index in [0.717, 1.165) is 28.5 Å². The van der Waals surface area contributed by atoms with E-state index in [1.165, 1.54) is 43.4 Å². The van der Waals surface area contributed by atoms with Gasteiger partial charge in [-0.3, -0.25) is 3.97 Å². The molecule has 27 heavy (non-hydrogen) atoms. The van der Waals surface area contributed by atoms with Crippen LogP contribution < -0.4 is 5.14 Å². The second-order valence-electron chi connectivity index (χ2n) is 6.37. The van der Waals surface area contributed by atoms with Crippen molar-refractivity contribution < 1.29 is 24.0 Å². The van der Waals surface area contributed by atoms with E-state index in [4.69, 9.17) is 7.88 Å². The van der Waals surface area contributed by atoms with E-state index in [0.29, 0.717) is 0 Å². The summed E-state index contributed by atoms with van der Waals surface area (Å²) in [6, 6.07) is 6.25. The second kappa shape index (κ2) is 6.74. The van der Waals surface area contributed by atoms with Gasteiger partial charge in [-0.05, 0) is 49.1 Å². The Balaban J connectivity index is 1.92. The van der Waals surface area contributed by atoms with E-state index in [1.54, 1.807) is 0 Å². The SMILES string of the molecule is [2H]C([2H])(C1=CCC(C)(S(=O)(=O)n2ccc(S(N)(=O)=O)c2)C=C1)c1cccc(F)c1. The summed E-state index contributed by atoms with van der Waals surface area (Å²) in [6.07, 6.45) is 4.11. The summed E-state index contributed by atoms with van der Waals surface area (Å²) in [7, 11) is -8.11. The number of benzene rings is 1. The molecule has 1 heterocycles. The molecular weight excluding hydrogens is 391 g/mol. The summed E-state index contributed by atoms with van der Waals surface area (Å²) in [5.41, 5.74) is 0.316. The highest BCUT2D eigenvalue weighted by Gasteiger charge is 2.39. The molecule has 2 N–H and O–H groups in total. The van der Waals surface area contributed by atoms with Gasteiger partial charge in [-0.15, -0.1) is 0 Å². The smallest absolute Gasteiger partial charge is 0.247 e. The van der Waals surface area contributed by atoms with Crippen LogP contribution in [0.15, 0.2) is 71.4 Å². The van der Waals surface area contributed by atoms with Crippen LogP contribution in [0.2, 0.25) is 0 Å². The van der Waals surface area contributed by atoms with Crippen molar-refractivity contribution in [1.82, 2.24) is 3.97 Å². The molecule has 1 unspecified atom stereocenters. The molecule has 1 aromatic carbocycles. The standard InChI is InChI=1S/C18H19FN2O4S2/c1-18(27(24,25)21-10-7-17(13-21)26(20,22)23)8-5-14(6-9-18)11-15-3-2-4-16(19)12-15/h2-8,10,12-13H,9,11H2,1H3,(H2,20,22,23)/i11D2. The first-order valence-corrected chi connectivity index (χ1v) is 10.9. The Morgan fingerprint density at radius 2 is 2.04 bits per heavy atom. The zero-order valence-electron chi connectivity index (χ0n) is 16.3. The Labute approximate surface area is 160 Å². The summed E-state index contributed by atoms with van der Waals surface area (Å²) >= 11 is 0. The third kappa shape index (κ3) is 3.90. The van der Waals surface area contributed by atoms with Gasteiger partial charge in [0.25, 0.3) is 0 Å². The topological polar surface area (TPSA) is 99.2 Å². The molecule has 2 aromatic rings. The minimum absolute atomic E-state index is 0.0567. The Morgan fingerprint density at radius 3 is 2.59 bits per heavy atom. The van der Waals surface area contributed by atoms with E-state index in [9.17, 15) is 21.2 Å². The van der Waals surface area contributed by atoms with Crippen LogP contribution in [0.3, 0.4) is 0 Å². The van der Waals surface area contributed by atoms with E-state index in [2.05, 4.69) is 0 Å². The van der Waals surface area contributed by atoms with Gasteiger partial charge < -0.3 is 0 Å². The third-order valence-corrected chi connectivity index (χ3v) is 7.45. The number of nitrogens with two attached hydrogens (primary N) is 1. The Kier molecular flexibility index (Phi) is 4.22. The molecular formula is C18H19FN2O4S2. The first kappa shape index (κ1) is 16.9. The minimum Gasteiger partial charge on any atom is -0.251 e. The van der Waals surface area contributed by atoms with Gasteiger partial charge in [0.2, 0.25) is 20.0 Å². The van der Waals surface area contributed by atoms with Crippen molar-refractivity contribution >= 4 is 20.0 Å². The van der Waals surface area contributed by atoms with Crippen LogP contribution in [-0.4, -0.2) is 25.6 Å². The van der Waals surface area contributed by atoms with Gasteiger partial charge in [-0.1, -0.05) is 30.4 Å². The lowest BCUT2D eigenvalue weighted by molar-refractivity contribution is 0.552.